The zero-order valence-corrected chi connectivity index (χ0v) is 12.4. The zero-order chi connectivity index (χ0) is 14.4. The van der Waals surface area contributed by atoms with Crippen molar-refractivity contribution in [1.82, 2.24) is 0 Å². The number of anilines is 1. The summed E-state index contributed by atoms with van der Waals surface area (Å²) in [7, 11) is 0. The molecule has 5 heteroatoms. The number of benzene rings is 2. The number of phenolic OH excluding ortho intramolecular Hbond substituents is 1. The lowest BCUT2D eigenvalue weighted by Crippen LogP contribution is -2.02. The van der Waals surface area contributed by atoms with Gasteiger partial charge in [0.15, 0.2) is 0 Å². The predicted molar refractivity (Wildman–Crippen MR) is 82.2 cm³/mol. The van der Waals surface area contributed by atoms with Crippen molar-refractivity contribution in [2.24, 2.45) is 0 Å². The molecule has 0 amide bonds. The molecule has 20 heavy (non-hydrogen) atoms. The van der Waals surface area contributed by atoms with Crippen LogP contribution >= 0.6 is 15.9 Å². The van der Waals surface area contributed by atoms with Gasteiger partial charge in [-0.15, -0.1) is 0 Å². The first-order chi connectivity index (χ1) is 9.69. The van der Waals surface area contributed by atoms with Crippen LogP contribution < -0.4 is 10.1 Å². The number of ether oxygens (including phenoxy) is 1. The maximum Gasteiger partial charge on any atom is 0.119 e. The lowest BCUT2D eigenvalue weighted by atomic mass is 10.2. The number of phenols is 1. The van der Waals surface area contributed by atoms with E-state index in [1.807, 2.05) is 30.3 Å². The number of aliphatic hydroxyl groups is 1. The van der Waals surface area contributed by atoms with E-state index < -0.39 is 0 Å². The minimum absolute atomic E-state index is 0.00548. The van der Waals surface area contributed by atoms with Gasteiger partial charge in [0.25, 0.3) is 0 Å². The molecule has 0 aliphatic heterocycles. The molecule has 2 aromatic carbocycles. The van der Waals surface area contributed by atoms with Crippen molar-refractivity contribution in [3.05, 3.63) is 52.5 Å². The molecule has 0 aliphatic carbocycles. The summed E-state index contributed by atoms with van der Waals surface area (Å²) in [5.41, 5.74) is 1.93. The van der Waals surface area contributed by atoms with Gasteiger partial charge in [0.05, 0.1) is 6.61 Å². The van der Waals surface area contributed by atoms with Crippen molar-refractivity contribution in [2.45, 2.75) is 6.54 Å². The largest absolute Gasteiger partial charge is 0.508 e. The molecule has 0 saturated carbocycles. The Morgan fingerprint density at radius 1 is 1.10 bits per heavy atom. The van der Waals surface area contributed by atoms with Crippen molar-refractivity contribution in [1.29, 1.82) is 0 Å². The molecule has 106 valence electrons. The fourth-order valence-electron chi connectivity index (χ4n) is 1.73. The third-order valence-corrected chi connectivity index (χ3v) is 3.50. The van der Waals surface area contributed by atoms with Crippen LogP contribution in [0.3, 0.4) is 0 Å². The first kappa shape index (κ1) is 14.7. The molecule has 2 rings (SSSR count). The summed E-state index contributed by atoms with van der Waals surface area (Å²) in [5.74, 6) is 0.973. The van der Waals surface area contributed by atoms with E-state index in [2.05, 4.69) is 21.2 Å². The van der Waals surface area contributed by atoms with Crippen molar-refractivity contribution in [3.8, 4) is 11.5 Å². The third-order valence-electron chi connectivity index (χ3n) is 2.73. The Kier molecular flexibility index (Phi) is 5.26. The summed E-state index contributed by atoms with van der Waals surface area (Å²) in [6, 6.07) is 12.7. The van der Waals surface area contributed by atoms with Gasteiger partial charge in [-0.3, -0.25) is 0 Å². The molecule has 0 saturated heterocycles. The second-order valence-electron chi connectivity index (χ2n) is 4.23. The van der Waals surface area contributed by atoms with Gasteiger partial charge in [-0.1, -0.05) is 15.9 Å². The second-order valence-corrected chi connectivity index (χ2v) is 5.08. The predicted octanol–water partition coefficient (Wildman–Crippen LogP) is 3.14. The quantitative estimate of drug-likeness (QED) is 0.757. The summed E-state index contributed by atoms with van der Waals surface area (Å²) in [5, 5.41) is 21.4. The molecule has 0 spiro atoms. The zero-order valence-electron chi connectivity index (χ0n) is 10.8. The topological polar surface area (TPSA) is 61.7 Å². The number of halogens is 1. The summed E-state index contributed by atoms with van der Waals surface area (Å²) in [6.07, 6.45) is 0. The summed E-state index contributed by atoms with van der Waals surface area (Å²) < 4.78 is 6.24. The van der Waals surface area contributed by atoms with Crippen LogP contribution in [-0.4, -0.2) is 23.4 Å². The van der Waals surface area contributed by atoms with Crippen LogP contribution in [0.1, 0.15) is 5.56 Å². The molecule has 0 unspecified atom stereocenters. The lowest BCUT2D eigenvalue weighted by molar-refractivity contribution is 0.201. The minimum atomic E-state index is 0.00548. The van der Waals surface area contributed by atoms with Gasteiger partial charge in [-0.2, -0.15) is 0 Å². The third kappa shape index (κ3) is 4.15. The van der Waals surface area contributed by atoms with Gasteiger partial charge in [0.2, 0.25) is 0 Å². The van der Waals surface area contributed by atoms with E-state index in [0.717, 1.165) is 21.5 Å². The number of hydrogen-bond donors (Lipinski definition) is 3. The highest BCUT2D eigenvalue weighted by Crippen LogP contribution is 2.23. The van der Waals surface area contributed by atoms with Gasteiger partial charge in [-0.25, -0.2) is 0 Å². The summed E-state index contributed by atoms with van der Waals surface area (Å²) >= 11 is 3.45. The Bertz CT molecular complexity index is 558. The Balaban J connectivity index is 1.95. The first-order valence-electron chi connectivity index (χ1n) is 6.24. The van der Waals surface area contributed by atoms with E-state index in [1.165, 1.54) is 0 Å². The van der Waals surface area contributed by atoms with E-state index >= 15 is 0 Å². The lowest BCUT2D eigenvalue weighted by Gasteiger charge is -2.10. The molecule has 0 bridgehead atoms. The molecular weight excluding hydrogens is 322 g/mol. The van der Waals surface area contributed by atoms with Crippen LogP contribution in [0.2, 0.25) is 0 Å². The Hall–Kier alpha value is -1.72. The number of aliphatic hydroxyl groups excluding tert-OH is 1. The Morgan fingerprint density at radius 2 is 1.85 bits per heavy atom. The number of aromatic hydroxyl groups is 1. The molecule has 0 fully saturated rings. The fourth-order valence-corrected chi connectivity index (χ4v) is 2.11. The molecule has 3 N–H and O–H groups in total. The molecule has 0 aromatic heterocycles. The van der Waals surface area contributed by atoms with Gasteiger partial charge >= 0.3 is 0 Å². The van der Waals surface area contributed by atoms with Crippen molar-refractivity contribution in [3.63, 3.8) is 0 Å². The van der Waals surface area contributed by atoms with E-state index in [0.29, 0.717) is 13.2 Å². The molecule has 0 heterocycles. The molecule has 0 radical (unpaired) electrons. The Morgan fingerprint density at radius 3 is 2.55 bits per heavy atom. The standard InChI is InChI=1S/C15H16BrNO3/c16-15-6-3-13(19)9-11(15)10-17-12-1-4-14(5-2-12)20-8-7-18/h1-6,9,17-19H,7-8,10H2. The number of rotatable bonds is 6. The van der Waals surface area contributed by atoms with Crippen LogP contribution in [0.5, 0.6) is 11.5 Å². The van der Waals surface area contributed by atoms with E-state index in [9.17, 15) is 5.11 Å². The average molecular weight is 338 g/mol. The summed E-state index contributed by atoms with van der Waals surface area (Å²) in [4.78, 5) is 0. The van der Waals surface area contributed by atoms with Crippen LogP contribution in [0.4, 0.5) is 5.69 Å². The van der Waals surface area contributed by atoms with Crippen molar-refractivity contribution in [2.75, 3.05) is 18.5 Å². The smallest absolute Gasteiger partial charge is 0.119 e. The van der Waals surface area contributed by atoms with Crippen LogP contribution in [0.25, 0.3) is 0 Å². The molecule has 4 nitrogen and oxygen atoms in total. The molecule has 0 aliphatic rings. The monoisotopic (exact) mass is 337 g/mol. The second kappa shape index (κ2) is 7.17. The van der Waals surface area contributed by atoms with Gasteiger partial charge in [-0.05, 0) is 48.0 Å². The van der Waals surface area contributed by atoms with Crippen LogP contribution in [0.15, 0.2) is 46.9 Å². The number of hydrogen-bond acceptors (Lipinski definition) is 4. The van der Waals surface area contributed by atoms with Crippen molar-refractivity contribution < 1.29 is 14.9 Å². The van der Waals surface area contributed by atoms with E-state index in [4.69, 9.17) is 9.84 Å². The van der Waals surface area contributed by atoms with E-state index in [1.54, 1.807) is 12.1 Å². The van der Waals surface area contributed by atoms with Crippen LogP contribution in [-0.2, 0) is 6.54 Å². The highest BCUT2D eigenvalue weighted by Gasteiger charge is 2.02. The first-order valence-corrected chi connectivity index (χ1v) is 7.03. The minimum Gasteiger partial charge on any atom is -0.508 e. The molecule has 0 atom stereocenters. The molecule has 2 aromatic rings. The maximum absolute atomic E-state index is 9.47. The normalized spacial score (nSPS) is 10.3. The van der Waals surface area contributed by atoms with Gasteiger partial charge < -0.3 is 20.3 Å². The summed E-state index contributed by atoms with van der Waals surface area (Å²) in [6.45, 7) is 0.903. The number of nitrogens with one attached hydrogen (secondary N) is 1. The van der Waals surface area contributed by atoms with Gasteiger partial charge in [0, 0.05) is 16.7 Å². The fraction of sp³-hybridized carbons (Fsp3) is 0.200. The maximum atomic E-state index is 9.47. The SMILES string of the molecule is OCCOc1ccc(NCc2cc(O)ccc2Br)cc1. The van der Waals surface area contributed by atoms with E-state index in [-0.39, 0.29) is 12.4 Å². The highest BCUT2D eigenvalue weighted by molar-refractivity contribution is 9.10. The van der Waals surface area contributed by atoms with Gasteiger partial charge in [0.1, 0.15) is 18.1 Å². The van der Waals surface area contributed by atoms with Crippen LogP contribution in [0, 0.1) is 0 Å². The Labute approximate surface area is 126 Å². The average Bonchev–Trinajstić information content (AvgIpc) is 2.47. The van der Waals surface area contributed by atoms with Crippen molar-refractivity contribution >= 4 is 21.6 Å². The highest BCUT2D eigenvalue weighted by atomic mass is 79.9. The molecular formula is C15H16BrNO3.